The van der Waals surface area contributed by atoms with Crippen molar-refractivity contribution in [3.8, 4) is 6.07 Å². The third kappa shape index (κ3) is 4.36. The summed E-state index contributed by atoms with van der Waals surface area (Å²) in [7, 11) is 0. The topological polar surface area (TPSA) is 73.2 Å². The van der Waals surface area contributed by atoms with E-state index in [4.69, 9.17) is 0 Å². The van der Waals surface area contributed by atoms with Gasteiger partial charge < -0.3 is 5.32 Å². The molecule has 29 heavy (non-hydrogen) atoms. The van der Waals surface area contributed by atoms with Gasteiger partial charge in [0.2, 0.25) is 5.91 Å². The molecule has 148 valence electrons. The zero-order valence-electron chi connectivity index (χ0n) is 16.7. The average Bonchev–Trinajstić information content (AvgIpc) is 3.06. The fraction of sp³-hybridized carbons (Fsp3) is 0.261. The summed E-state index contributed by atoms with van der Waals surface area (Å²) in [5.74, 6) is -0.619. The summed E-state index contributed by atoms with van der Waals surface area (Å²) in [6, 6.07) is 17.0. The Labute approximate surface area is 175 Å². The van der Waals surface area contributed by atoms with Gasteiger partial charge in [0, 0.05) is 11.4 Å². The highest BCUT2D eigenvalue weighted by atomic mass is 32.2. The predicted molar refractivity (Wildman–Crippen MR) is 117 cm³/mol. The van der Waals surface area contributed by atoms with Crippen LogP contribution in [0.15, 0.2) is 59.1 Å². The van der Waals surface area contributed by atoms with Crippen LogP contribution in [0.2, 0.25) is 0 Å². The Bertz CT molecular complexity index is 988. The normalized spacial score (nSPS) is 17.8. The van der Waals surface area contributed by atoms with Crippen LogP contribution in [-0.2, 0) is 16.0 Å². The minimum absolute atomic E-state index is 0.0561. The highest BCUT2D eigenvalue weighted by Gasteiger charge is 2.39. The molecule has 1 atom stereocenters. The van der Waals surface area contributed by atoms with Crippen molar-refractivity contribution in [3.63, 3.8) is 0 Å². The number of carbonyl (C=O) groups excluding carboxylic acids is 2. The first kappa shape index (κ1) is 20.7. The van der Waals surface area contributed by atoms with Gasteiger partial charge in [-0.2, -0.15) is 5.26 Å². The predicted octanol–water partition coefficient (Wildman–Crippen LogP) is 4.79. The molecule has 1 saturated heterocycles. The Hall–Kier alpha value is -3.04. The van der Waals surface area contributed by atoms with Gasteiger partial charge in [0.05, 0.1) is 5.25 Å². The van der Waals surface area contributed by atoms with Crippen LogP contribution in [0.4, 0.5) is 11.4 Å². The number of nitrogens with one attached hydrogen (secondary N) is 1. The van der Waals surface area contributed by atoms with Crippen LogP contribution >= 0.6 is 11.8 Å². The highest BCUT2D eigenvalue weighted by Crippen LogP contribution is 2.42. The Morgan fingerprint density at radius 1 is 1.14 bits per heavy atom. The maximum Gasteiger partial charge on any atom is 0.269 e. The standard InChI is InChI=1S/C23H23N3O2S/c1-4-16-8-12-18(13-9-16)26-22(28)20(5-2)29-23(26)19(14-24)21(27)25-17-10-6-15(3)7-11-17/h6-13,20H,4-5H2,1-3H3,(H,25,27)/b23-19-. The van der Waals surface area contributed by atoms with E-state index in [9.17, 15) is 14.9 Å². The lowest BCUT2D eigenvalue weighted by Crippen LogP contribution is -2.29. The zero-order valence-corrected chi connectivity index (χ0v) is 17.5. The van der Waals surface area contributed by atoms with Crippen molar-refractivity contribution in [2.45, 2.75) is 38.9 Å². The van der Waals surface area contributed by atoms with E-state index in [1.165, 1.54) is 16.7 Å². The molecule has 1 unspecified atom stereocenters. The Morgan fingerprint density at radius 3 is 2.34 bits per heavy atom. The number of benzene rings is 2. The Kier molecular flexibility index (Phi) is 6.40. The van der Waals surface area contributed by atoms with Crippen LogP contribution in [0.25, 0.3) is 0 Å². The number of thioether (sulfide) groups is 1. The van der Waals surface area contributed by atoms with E-state index in [0.29, 0.717) is 22.8 Å². The molecule has 1 heterocycles. The van der Waals surface area contributed by atoms with Gasteiger partial charge in [0.15, 0.2) is 0 Å². The van der Waals surface area contributed by atoms with Crippen molar-refractivity contribution in [1.82, 2.24) is 0 Å². The molecule has 2 aromatic carbocycles. The third-order valence-electron chi connectivity index (χ3n) is 4.79. The molecule has 6 heteroatoms. The smallest absolute Gasteiger partial charge is 0.269 e. The molecule has 2 amide bonds. The molecular weight excluding hydrogens is 382 g/mol. The Morgan fingerprint density at radius 2 is 1.79 bits per heavy atom. The zero-order chi connectivity index (χ0) is 21.0. The summed E-state index contributed by atoms with van der Waals surface area (Å²) in [5, 5.41) is 12.6. The maximum atomic E-state index is 13.0. The van der Waals surface area contributed by atoms with Crippen LogP contribution in [0, 0.1) is 18.3 Å². The quantitative estimate of drug-likeness (QED) is 0.573. The summed E-state index contributed by atoms with van der Waals surface area (Å²) >= 11 is 1.28. The third-order valence-corrected chi connectivity index (χ3v) is 6.22. The van der Waals surface area contributed by atoms with Crippen molar-refractivity contribution >= 4 is 35.0 Å². The monoisotopic (exact) mass is 405 g/mol. The maximum absolute atomic E-state index is 13.0. The minimum atomic E-state index is -0.515. The van der Waals surface area contributed by atoms with Crippen molar-refractivity contribution in [2.75, 3.05) is 10.2 Å². The van der Waals surface area contributed by atoms with Gasteiger partial charge in [-0.15, -0.1) is 0 Å². The number of hydrogen-bond acceptors (Lipinski definition) is 4. The molecule has 5 nitrogen and oxygen atoms in total. The first-order valence-corrected chi connectivity index (χ1v) is 10.5. The molecule has 1 aliphatic rings. The van der Waals surface area contributed by atoms with E-state index >= 15 is 0 Å². The lowest BCUT2D eigenvalue weighted by atomic mass is 10.1. The van der Waals surface area contributed by atoms with E-state index < -0.39 is 5.91 Å². The first-order chi connectivity index (χ1) is 14.0. The fourth-order valence-corrected chi connectivity index (χ4v) is 4.26. The van der Waals surface area contributed by atoms with Crippen LogP contribution in [0.1, 0.15) is 31.4 Å². The molecular formula is C23H23N3O2S. The first-order valence-electron chi connectivity index (χ1n) is 9.60. The SMILES string of the molecule is CCc1ccc(N2C(=O)C(CC)S/C2=C(/C#N)C(=O)Nc2ccc(C)cc2)cc1. The van der Waals surface area contributed by atoms with Crippen molar-refractivity contribution in [2.24, 2.45) is 0 Å². The van der Waals surface area contributed by atoms with E-state index in [1.807, 2.05) is 56.3 Å². The van der Waals surface area contributed by atoms with Crippen molar-refractivity contribution in [1.29, 1.82) is 5.26 Å². The highest BCUT2D eigenvalue weighted by molar-refractivity contribution is 8.05. The van der Waals surface area contributed by atoms with Crippen LogP contribution in [0.3, 0.4) is 0 Å². The second-order valence-electron chi connectivity index (χ2n) is 6.82. The van der Waals surface area contributed by atoms with E-state index in [2.05, 4.69) is 12.2 Å². The van der Waals surface area contributed by atoms with Gasteiger partial charge in [-0.3, -0.25) is 14.5 Å². The van der Waals surface area contributed by atoms with Crippen LogP contribution < -0.4 is 10.2 Å². The van der Waals surface area contributed by atoms with Gasteiger partial charge in [0.25, 0.3) is 5.91 Å². The fourth-order valence-electron chi connectivity index (χ4n) is 3.06. The van der Waals surface area contributed by atoms with Crippen LogP contribution in [0.5, 0.6) is 0 Å². The van der Waals surface area contributed by atoms with Gasteiger partial charge in [-0.25, -0.2) is 0 Å². The molecule has 1 fully saturated rings. The van der Waals surface area contributed by atoms with E-state index in [0.717, 1.165) is 17.5 Å². The molecule has 0 bridgehead atoms. The number of amides is 2. The molecule has 0 saturated carbocycles. The lowest BCUT2D eigenvalue weighted by molar-refractivity contribution is -0.117. The van der Waals surface area contributed by atoms with Crippen molar-refractivity contribution < 1.29 is 9.59 Å². The minimum Gasteiger partial charge on any atom is -0.321 e. The number of carbonyl (C=O) groups is 2. The van der Waals surface area contributed by atoms with Crippen molar-refractivity contribution in [3.05, 3.63) is 70.3 Å². The largest absolute Gasteiger partial charge is 0.321 e. The van der Waals surface area contributed by atoms with Gasteiger partial charge in [-0.05, 0) is 49.6 Å². The summed E-state index contributed by atoms with van der Waals surface area (Å²) in [5.41, 5.74) is 3.45. The molecule has 2 aromatic rings. The van der Waals surface area contributed by atoms with E-state index in [1.54, 1.807) is 12.1 Å². The summed E-state index contributed by atoms with van der Waals surface area (Å²) in [4.78, 5) is 27.3. The van der Waals surface area contributed by atoms with Gasteiger partial charge in [-0.1, -0.05) is 55.4 Å². The number of anilines is 2. The number of nitrogens with zero attached hydrogens (tertiary/aromatic N) is 2. The molecule has 0 spiro atoms. The van der Waals surface area contributed by atoms with Gasteiger partial charge >= 0.3 is 0 Å². The number of nitriles is 1. The second kappa shape index (κ2) is 8.97. The molecule has 3 rings (SSSR count). The molecule has 1 N–H and O–H groups in total. The second-order valence-corrected chi connectivity index (χ2v) is 8.01. The van der Waals surface area contributed by atoms with Crippen LogP contribution in [-0.4, -0.2) is 17.1 Å². The Balaban J connectivity index is 1.99. The summed E-state index contributed by atoms with van der Waals surface area (Å²) in [6.07, 6.45) is 1.51. The molecule has 0 radical (unpaired) electrons. The molecule has 0 aliphatic carbocycles. The molecule has 0 aromatic heterocycles. The summed E-state index contributed by atoms with van der Waals surface area (Å²) in [6.45, 7) is 5.95. The lowest BCUT2D eigenvalue weighted by Gasteiger charge is -2.19. The number of aryl methyl sites for hydroxylation is 2. The average molecular weight is 406 g/mol. The molecule has 1 aliphatic heterocycles. The van der Waals surface area contributed by atoms with E-state index in [-0.39, 0.29) is 16.7 Å². The van der Waals surface area contributed by atoms with Gasteiger partial charge in [0.1, 0.15) is 16.7 Å². The number of hydrogen-bond donors (Lipinski definition) is 1. The number of rotatable bonds is 5. The summed E-state index contributed by atoms with van der Waals surface area (Å²) < 4.78 is 0.